The van der Waals surface area contributed by atoms with Crippen molar-refractivity contribution in [1.82, 2.24) is 9.78 Å². The predicted octanol–water partition coefficient (Wildman–Crippen LogP) is 4.82. The molecule has 108 valence electrons. The van der Waals surface area contributed by atoms with Gasteiger partial charge in [0, 0.05) is 24.1 Å². The summed E-state index contributed by atoms with van der Waals surface area (Å²) in [5, 5.41) is 9.92. The lowest BCUT2D eigenvalue weighted by molar-refractivity contribution is 0.686. The summed E-state index contributed by atoms with van der Waals surface area (Å²) in [5.74, 6) is 0. The van der Waals surface area contributed by atoms with Crippen molar-refractivity contribution in [3.05, 3.63) is 69.6 Å². The molecular weight excluding hydrogens is 302 g/mol. The van der Waals surface area contributed by atoms with Crippen LogP contribution in [0, 0.1) is 0 Å². The van der Waals surface area contributed by atoms with Crippen LogP contribution in [0.4, 0.5) is 5.69 Å². The summed E-state index contributed by atoms with van der Waals surface area (Å²) in [6.45, 7) is 2.90. The molecule has 5 heteroatoms. The second-order valence-electron chi connectivity index (χ2n) is 4.91. The zero-order valence-electron chi connectivity index (χ0n) is 11.7. The molecule has 0 saturated carbocycles. The lowest BCUT2D eigenvalue weighted by Gasteiger charge is -2.17. The number of aromatic nitrogens is 2. The van der Waals surface area contributed by atoms with E-state index in [9.17, 15) is 0 Å². The monoisotopic (exact) mass is 317 g/mol. The number of thiophene rings is 1. The summed E-state index contributed by atoms with van der Waals surface area (Å²) in [6, 6.07) is 12.5. The first-order chi connectivity index (χ1) is 10.2. The average Bonchev–Trinajstić information content (AvgIpc) is 3.12. The molecule has 0 amide bonds. The second kappa shape index (κ2) is 6.33. The molecular formula is C16H16ClN3S. The third-order valence-corrected chi connectivity index (χ3v) is 4.48. The maximum absolute atomic E-state index is 6.01. The number of nitrogens with one attached hydrogen (secondary N) is 1. The van der Waals surface area contributed by atoms with Crippen LogP contribution in [0.15, 0.2) is 54.2 Å². The Labute approximate surface area is 133 Å². The minimum Gasteiger partial charge on any atom is -0.378 e. The smallest absolute Gasteiger partial charge is 0.0931 e. The van der Waals surface area contributed by atoms with Gasteiger partial charge >= 0.3 is 0 Å². The number of hydrogen-bond donors (Lipinski definition) is 1. The minimum atomic E-state index is 0.215. The van der Waals surface area contributed by atoms with Gasteiger partial charge in [-0.25, -0.2) is 0 Å². The molecule has 0 saturated heterocycles. The van der Waals surface area contributed by atoms with Crippen molar-refractivity contribution in [3.63, 3.8) is 0 Å². The van der Waals surface area contributed by atoms with Crippen molar-refractivity contribution in [2.24, 2.45) is 0 Å². The molecule has 3 aromatic rings. The zero-order chi connectivity index (χ0) is 14.7. The Balaban J connectivity index is 1.78. The van der Waals surface area contributed by atoms with Crippen molar-refractivity contribution in [1.29, 1.82) is 0 Å². The van der Waals surface area contributed by atoms with Gasteiger partial charge in [-0.1, -0.05) is 29.8 Å². The molecule has 0 spiro atoms. The van der Waals surface area contributed by atoms with Gasteiger partial charge in [0.2, 0.25) is 0 Å². The molecule has 0 radical (unpaired) electrons. The van der Waals surface area contributed by atoms with Crippen LogP contribution in [0.25, 0.3) is 0 Å². The maximum atomic E-state index is 6.01. The Kier molecular flexibility index (Phi) is 4.27. The van der Waals surface area contributed by atoms with Gasteiger partial charge in [-0.05, 0) is 41.6 Å². The lowest BCUT2D eigenvalue weighted by Crippen LogP contribution is -2.09. The molecule has 1 unspecified atom stereocenters. The van der Waals surface area contributed by atoms with E-state index in [4.69, 9.17) is 11.6 Å². The SMILES string of the molecule is CC(Nc1ccccc1Cn1cccn1)c1csc(Cl)c1. The largest absolute Gasteiger partial charge is 0.378 e. The van der Waals surface area contributed by atoms with E-state index in [1.165, 1.54) is 11.1 Å². The van der Waals surface area contributed by atoms with Crippen LogP contribution in [-0.4, -0.2) is 9.78 Å². The quantitative estimate of drug-likeness (QED) is 0.731. The van der Waals surface area contributed by atoms with Gasteiger partial charge in [0.05, 0.1) is 10.9 Å². The summed E-state index contributed by atoms with van der Waals surface area (Å²) in [4.78, 5) is 0. The van der Waals surface area contributed by atoms with Gasteiger partial charge in [-0.15, -0.1) is 11.3 Å². The Morgan fingerprint density at radius 2 is 2.19 bits per heavy atom. The Morgan fingerprint density at radius 1 is 1.33 bits per heavy atom. The highest BCUT2D eigenvalue weighted by molar-refractivity contribution is 7.14. The lowest BCUT2D eigenvalue weighted by atomic mass is 10.1. The first kappa shape index (κ1) is 14.2. The molecule has 21 heavy (non-hydrogen) atoms. The summed E-state index contributed by atoms with van der Waals surface area (Å²) < 4.78 is 2.75. The van der Waals surface area contributed by atoms with Gasteiger partial charge in [0.15, 0.2) is 0 Å². The molecule has 0 aliphatic carbocycles. The Bertz CT molecular complexity index is 706. The van der Waals surface area contributed by atoms with E-state index >= 15 is 0 Å². The predicted molar refractivity (Wildman–Crippen MR) is 89.1 cm³/mol. The van der Waals surface area contributed by atoms with Gasteiger partial charge in [-0.3, -0.25) is 4.68 Å². The number of hydrogen-bond acceptors (Lipinski definition) is 3. The first-order valence-electron chi connectivity index (χ1n) is 6.78. The highest BCUT2D eigenvalue weighted by Crippen LogP contribution is 2.28. The molecule has 3 rings (SSSR count). The number of anilines is 1. The van der Waals surface area contributed by atoms with Crippen LogP contribution >= 0.6 is 22.9 Å². The van der Waals surface area contributed by atoms with Gasteiger partial charge in [-0.2, -0.15) is 5.10 Å². The molecule has 3 nitrogen and oxygen atoms in total. The summed E-state index contributed by atoms with van der Waals surface area (Å²) in [6.07, 6.45) is 3.77. The highest BCUT2D eigenvalue weighted by Gasteiger charge is 2.10. The van der Waals surface area contributed by atoms with Crippen molar-refractivity contribution < 1.29 is 0 Å². The van der Waals surface area contributed by atoms with Crippen LogP contribution in [0.1, 0.15) is 24.1 Å². The van der Waals surface area contributed by atoms with Crippen molar-refractivity contribution in [2.45, 2.75) is 19.5 Å². The molecule has 2 aromatic heterocycles. The molecule has 0 aliphatic heterocycles. The van der Waals surface area contributed by atoms with E-state index in [1.807, 2.05) is 29.1 Å². The van der Waals surface area contributed by atoms with Crippen LogP contribution in [0.2, 0.25) is 4.34 Å². The number of halogens is 1. The molecule has 0 aliphatic rings. The summed E-state index contributed by atoms with van der Waals surface area (Å²) in [7, 11) is 0. The minimum absolute atomic E-state index is 0.215. The Hall–Kier alpha value is -1.78. The third-order valence-electron chi connectivity index (χ3n) is 3.37. The Morgan fingerprint density at radius 3 is 2.90 bits per heavy atom. The van der Waals surface area contributed by atoms with Crippen LogP contribution in [0.5, 0.6) is 0 Å². The average molecular weight is 318 g/mol. The van der Waals surface area contributed by atoms with Crippen LogP contribution < -0.4 is 5.32 Å². The van der Waals surface area contributed by atoms with Gasteiger partial charge in [0.1, 0.15) is 0 Å². The number of rotatable bonds is 5. The molecule has 1 atom stereocenters. The topological polar surface area (TPSA) is 29.9 Å². The molecule has 2 heterocycles. The van der Waals surface area contributed by atoms with Crippen molar-refractivity contribution in [2.75, 3.05) is 5.32 Å². The standard InChI is InChI=1S/C16H16ClN3S/c1-12(14-9-16(17)21-11-14)19-15-6-3-2-5-13(15)10-20-8-4-7-18-20/h2-9,11-12,19H,10H2,1H3. The van der Waals surface area contributed by atoms with Crippen LogP contribution in [-0.2, 0) is 6.54 Å². The maximum Gasteiger partial charge on any atom is 0.0931 e. The second-order valence-corrected chi connectivity index (χ2v) is 6.45. The van der Waals surface area contributed by atoms with Gasteiger partial charge < -0.3 is 5.32 Å². The normalized spacial score (nSPS) is 12.3. The molecule has 0 fully saturated rings. The fraction of sp³-hybridized carbons (Fsp3) is 0.188. The van der Waals surface area contributed by atoms with E-state index < -0.39 is 0 Å². The fourth-order valence-corrected chi connectivity index (χ4v) is 3.22. The van der Waals surface area contributed by atoms with Crippen LogP contribution in [0.3, 0.4) is 0 Å². The summed E-state index contributed by atoms with van der Waals surface area (Å²) >= 11 is 7.58. The van der Waals surface area contributed by atoms with E-state index in [2.05, 4.69) is 40.9 Å². The van der Waals surface area contributed by atoms with E-state index in [0.717, 1.165) is 16.6 Å². The van der Waals surface area contributed by atoms with E-state index in [0.29, 0.717) is 0 Å². The molecule has 1 N–H and O–H groups in total. The number of para-hydroxylation sites is 1. The van der Waals surface area contributed by atoms with E-state index in [1.54, 1.807) is 17.5 Å². The number of benzene rings is 1. The fourth-order valence-electron chi connectivity index (χ4n) is 2.23. The molecule has 1 aromatic carbocycles. The molecule has 0 bridgehead atoms. The number of nitrogens with zero attached hydrogens (tertiary/aromatic N) is 2. The third kappa shape index (κ3) is 3.46. The van der Waals surface area contributed by atoms with E-state index in [-0.39, 0.29) is 6.04 Å². The summed E-state index contributed by atoms with van der Waals surface area (Å²) in [5.41, 5.74) is 3.55. The first-order valence-corrected chi connectivity index (χ1v) is 8.04. The van der Waals surface area contributed by atoms with Gasteiger partial charge in [0.25, 0.3) is 0 Å². The zero-order valence-corrected chi connectivity index (χ0v) is 13.2. The van der Waals surface area contributed by atoms with Crippen molar-refractivity contribution in [3.8, 4) is 0 Å². The van der Waals surface area contributed by atoms with Crippen molar-refractivity contribution >= 4 is 28.6 Å². The highest BCUT2D eigenvalue weighted by atomic mass is 35.5.